The molecule has 1 unspecified atom stereocenters. The van der Waals surface area contributed by atoms with Gasteiger partial charge in [-0.15, -0.1) is 0 Å². The van der Waals surface area contributed by atoms with Crippen LogP contribution in [0.5, 0.6) is 0 Å². The lowest BCUT2D eigenvalue weighted by molar-refractivity contribution is -0.145. The van der Waals surface area contributed by atoms with Crippen LogP contribution in [0, 0.1) is 12.8 Å². The maximum atomic E-state index is 12.2. The number of hydrogen-bond donors (Lipinski definition) is 1. The molecule has 1 atom stereocenters. The summed E-state index contributed by atoms with van der Waals surface area (Å²) in [5, 5.41) is 9.04. The van der Waals surface area contributed by atoms with E-state index in [0.29, 0.717) is 25.1 Å². The highest BCUT2D eigenvalue weighted by Crippen LogP contribution is 2.17. The second-order valence-corrected chi connectivity index (χ2v) is 5.45. The molecular weight excluding hydrogens is 290 g/mol. The van der Waals surface area contributed by atoms with Crippen molar-refractivity contribution < 1.29 is 23.9 Å². The molecule has 1 aliphatic heterocycles. The highest BCUT2D eigenvalue weighted by Gasteiger charge is 2.29. The van der Waals surface area contributed by atoms with Crippen molar-refractivity contribution in [3.8, 4) is 0 Å². The first-order chi connectivity index (χ1) is 10.4. The Morgan fingerprint density at radius 3 is 2.82 bits per heavy atom. The standard InChI is InChI=1S/C14H19N3O5/c1-9-12(22-8-15-9)13(19)16(2)7-11(18)17-5-3-4-10(6-17)14(20)21/h8,10H,3-7H2,1-2H3,(H,20,21). The van der Waals surface area contributed by atoms with Gasteiger partial charge in [0.1, 0.15) is 0 Å². The first kappa shape index (κ1) is 16.0. The summed E-state index contributed by atoms with van der Waals surface area (Å²) < 4.78 is 5.02. The molecule has 2 amide bonds. The van der Waals surface area contributed by atoms with Gasteiger partial charge >= 0.3 is 5.97 Å². The number of rotatable bonds is 4. The van der Waals surface area contributed by atoms with E-state index in [1.165, 1.54) is 23.2 Å². The van der Waals surface area contributed by atoms with Crippen molar-refractivity contribution >= 4 is 17.8 Å². The van der Waals surface area contributed by atoms with E-state index in [4.69, 9.17) is 9.52 Å². The molecule has 1 N–H and O–H groups in total. The molecule has 1 aromatic rings. The summed E-state index contributed by atoms with van der Waals surface area (Å²) in [6, 6.07) is 0. The lowest BCUT2D eigenvalue weighted by Crippen LogP contribution is -2.46. The molecule has 22 heavy (non-hydrogen) atoms. The van der Waals surface area contributed by atoms with E-state index >= 15 is 0 Å². The second kappa shape index (κ2) is 6.59. The molecule has 0 aliphatic carbocycles. The smallest absolute Gasteiger partial charge is 0.308 e. The van der Waals surface area contributed by atoms with E-state index in [-0.39, 0.29) is 24.8 Å². The predicted octanol–water partition coefficient (Wildman–Crippen LogP) is 0.378. The third-order valence-electron chi connectivity index (χ3n) is 3.78. The molecule has 1 aromatic heterocycles. The van der Waals surface area contributed by atoms with E-state index in [2.05, 4.69) is 4.98 Å². The van der Waals surface area contributed by atoms with Gasteiger partial charge in [0.25, 0.3) is 5.91 Å². The quantitative estimate of drug-likeness (QED) is 0.862. The number of carboxylic acid groups (broad SMARTS) is 1. The monoisotopic (exact) mass is 309 g/mol. The van der Waals surface area contributed by atoms with Gasteiger partial charge in [-0.1, -0.05) is 0 Å². The summed E-state index contributed by atoms with van der Waals surface area (Å²) in [5.74, 6) is -2.00. The molecule has 8 heteroatoms. The zero-order valence-electron chi connectivity index (χ0n) is 12.6. The Kier molecular flexibility index (Phi) is 4.79. The van der Waals surface area contributed by atoms with Gasteiger partial charge < -0.3 is 19.3 Å². The average molecular weight is 309 g/mol. The van der Waals surface area contributed by atoms with Crippen molar-refractivity contribution in [3.05, 3.63) is 17.8 Å². The van der Waals surface area contributed by atoms with Crippen molar-refractivity contribution in [2.45, 2.75) is 19.8 Å². The minimum atomic E-state index is -0.890. The number of likely N-dealkylation sites (N-methyl/N-ethyl adjacent to an activating group) is 1. The van der Waals surface area contributed by atoms with Crippen LogP contribution in [-0.4, -0.2) is 64.4 Å². The summed E-state index contributed by atoms with van der Waals surface area (Å²) in [6.07, 6.45) is 2.41. The van der Waals surface area contributed by atoms with Crippen LogP contribution in [0.25, 0.3) is 0 Å². The molecule has 2 rings (SSSR count). The highest BCUT2D eigenvalue weighted by atomic mass is 16.4. The summed E-state index contributed by atoms with van der Waals surface area (Å²) in [6.45, 7) is 2.24. The van der Waals surface area contributed by atoms with Crippen molar-refractivity contribution in [1.29, 1.82) is 0 Å². The lowest BCUT2D eigenvalue weighted by atomic mass is 9.98. The van der Waals surface area contributed by atoms with E-state index < -0.39 is 17.8 Å². The Balaban J connectivity index is 1.95. The lowest BCUT2D eigenvalue weighted by Gasteiger charge is -2.31. The van der Waals surface area contributed by atoms with Crippen LogP contribution in [-0.2, 0) is 9.59 Å². The van der Waals surface area contributed by atoms with Gasteiger partial charge in [-0.3, -0.25) is 14.4 Å². The third-order valence-corrected chi connectivity index (χ3v) is 3.78. The van der Waals surface area contributed by atoms with Crippen LogP contribution in [0.2, 0.25) is 0 Å². The first-order valence-electron chi connectivity index (χ1n) is 7.06. The van der Waals surface area contributed by atoms with E-state index in [1.807, 2.05) is 0 Å². The van der Waals surface area contributed by atoms with Crippen LogP contribution in [0.3, 0.4) is 0 Å². The number of amides is 2. The molecular formula is C14H19N3O5. The first-order valence-corrected chi connectivity index (χ1v) is 7.06. The largest absolute Gasteiger partial charge is 0.481 e. The van der Waals surface area contributed by atoms with Crippen LogP contribution in [0.4, 0.5) is 0 Å². The molecule has 0 bridgehead atoms. The third kappa shape index (κ3) is 3.44. The van der Waals surface area contributed by atoms with Crippen molar-refractivity contribution in [3.63, 3.8) is 0 Å². The number of hydrogen-bond acceptors (Lipinski definition) is 5. The minimum absolute atomic E-state index is 0.109. The number of carboxylic acids is 1. The molecule has 2 heterocycles. The molecule has 0 spiro atoms. The number of carbonyl (C=O) groups excluding carboxylic acids is 2. The van der Waals surface area contributed by atoms with Gasteiger partial charge in [-0.05, 0) is 19.8 Å². The van der Waals surface area contributed by atoms with Gasteiger partial charge in [-0.2, -0.15) is 0 Å². The fourth-order valence-corrected chi connectivity index (χ4v) is 2.46. The Morgan fingerprint density at radius 1 is 1.50 bits per heavy atom. The fourth-order valence-electron chi connectivity index (χ4n) is 2.46. The van der Waals surface area contributed by atoms with Gasteiger partial charge in [0, 0.05) is 20.1 Å². The maximum Gasteiger partial charge on any atom is 0.308 e. The molecule has 1 saturated heterocycles. The van der Waals surface area contributed by atoms with E-state index in [9.17, 15) is 14.4 Å². The Bertz CT molecular complexity index is 583. The van der Waals surface area contributed by atoms with Crippen molar-refractivity contribution in [1.82, 2.24) is 14.8 Å². The number of oxazole rings is 1. The van der Waals surface area contributed by atoms with Crippen molar-refractivity contribution in [2.75, 3.05) is 26.7 Å². The summed E-state index contributed by atoms with van der Waals surface area (Å²) in [7, 11) is 1.50. The molecule has 0 saturated carbocycles. The topological polar surface area (TPSA) is 104 Å². The second-order valence-electron chi connectivity index (χ2n) is 5.45. The average Bonchev–Trinajstić information content (AvgIpc) is 2.92. The van der Waals surface area contributed by atoms with Crippen LogP contribution in [0.1, 0.15) is 29.1 Å². The van der Waals surface area contributed by atoms with E-state index in [0.717, 1.165) is 0 Å². The normalized spacial score (nSPS) is 18.1. The number of aryl methyl sites for hydroxylation is 1. The van der Waals surface area contributed by atoms with Gasteiger partial charge in [0.15, 0.2) is 6.39 Å². The van der Waals surface area contributed by atoms with E-state index in [1.54, 1.807) is 6.92 Å². The summed E-state index contributed by atoms with van der Waals surface area (Å²) in [4.78, 5) is 42.0. The Morgan fingerprint density at radius 2 is 2.23 bits per heavy atom. The van der Waals surface area contributed by atoms with Crippen LogP contribution >= 0.6 is 0 Å². The minimum Gasteiger partial charge on any atom is -0.481 e. The number of likely N-dealkylation sites (tertiary alicyclic amines) is 1. The zero-order valence-corrected chi connectivity index (χ0v) is 12.6. The van der Waals surface area contributed by atoms with Gasteiger partial charge in [0.05, 0.1) is 18.2 Å². The number of aromatic nitrogens is 1. The van der Waals surface area contributed by atoms with Gasteiger partial charge in [-0.25, -0.2) is 4.98 Å². The molecule has 0 radical (unpaired) electrons. The van der Waals surface area contributed by atoms with Gasteiger partial charge in [0.2, 0.25) is 11.7 Å². The molecule has 8 nitrogen and oxygen atoms in total. The number of piperidine rings is 1. The van der Waals surface area contributed by atoms with Crippen molar-refractivity contribution in [2.24, 2.45) is 5.92 Å². The molecule has 1 fully saturated rings. The SMILES string of the molecule is Cc1ncoc1C(=O)N(C)CC(=O)N1CCCC(C(=O)O)C1. The molecule has 1 aliphatic rings. The predicted molar refractivity (Wildman–Crippen MR) is 75.1 cm³/mol. The van der Waals surface area contributed by atoms with Crippen LogP contribution < -0.4 is 0 Å². The highest BCUT2D eigenvalue weighted by molar-refractivity contribution is 5.94. The maximum absolute atomic E-state index is 12.2. The fraction of sp³-hybridized carbons (Fsp3) is 0.571. The zero-order chi connectivity index (χ0) is 16.3. The number of aliphatic carboxylic acids is 1. The van der Waals surface area contributed by atoms with Crippen LogP contribution in [0.15, 0.2) is 10.8 Å². The summed E-state index contributed by atoms with van der Waals surface area (Å²) in [5.41, 5.74) is 0.466. The molecule has 0 aromatic carbocycles. The summed E-state index contributed by atoms with van der Waals surface area (Å²) >= 11 is 0. The number of nitrogens with zero attached hydrogens (tertiary/aromatic N) is 3. The number of carbonyl (C=O) groups is 3. The Hall–Kier alpha value is -2.38. The Labute approximate surface area is 127 Å². The molecule has 120 valence electrons.